The quantitative estimate of drug-likeness (QED) is 0.655. The lowest BCUT2D eigenvalue weighted by Gasteiger charge is -2.38. The fourth-order valence-corrected chi connectivity index (χ4v) is 3.75. The van der Waals surface area contributed by atoms with E-state index < -0.39 is 9.84 Å². The van der Waals surface area contributed by atoms with Crippen LogP contribution in [0.3, 0.4) is 0 Å². The molecule has 1 aliphatic rings. The van der Waals surface area contributed by atoms with Gasteiger partial charge in [0.1, 0.15) is 6.10 Å². The summed E-state index contributed by atoms with van der Waals surface area (Å²) in [6, 6.07) is 17.0. The molecular weight excluding hydrogens is 362 g/mol. The molecule has 0 unspecified atom stereocenters. The minimum atomic E-state index is -3.20. The van der Waals surface area contributed by atoms with Gasteiger partial charge >= 0.3 is 0 Å². The standard InChI is InChI=1S/C20H21N3O3S/c1-27(24,25)20-9-7-17(8-10-20)23-15-18(11-21-23)26-19-13-22(14-19)12-16-5-3-2-4-6-16/h2-11,15,19H,12-14H2,1H3. The Kier molecular flexibility index (Phi) is 4.72. The van der Waals surface area contributed by atoms with Crippen molar-refractivity contribution in [3.05, 3.63) is 72.6 Å². The molecule has 140 valence electrons. The van der Waals surface area contributed by atoms with Gasteiger partial charge in [-0.15, -0.1) is 0 Å². The number of likely N-dealkylation sites (tertiary alicyclic amines) is 1. The van der Waals surface area contributed by atoms with E-state index in [2.05, 4.69) is 34.3 Å². The number of rotatable bonds is 6. The fourth-order valence-electron chi connectivity index (χ4n) is 3.11. The van der Waals surface area contributed by atoms with Gasteiger partial charge in [0.05, 0.1) is 23.0 Å². The summed E-state index contributed by atoms with van der Waals surface area (Å²) in [5.41, 5.74) is 2.10. The highest BCUT2D eigenvalue weighted by atomic mass is 32.2. The predicted molar refractivity (Wildman–Crippen MR) is 103 cm³/mol. The zero-order chi connectivity index (χ0) is 18.9. The molecular formula is C20H21N3O3S. The highest BCUT2D eigenvalue weighted by Crippen LogP contribution is 2.21. The van der Waals surface area contributed by atoms with Crippen molar-refractivity contribution in [3.8, 4) is 11.4 Å². The molecule has 0 spiro atoms. The Morgan fingerprint density at radius 2 is 1.78 bits per heavy atom. The van der Waals surface area contributed by atoms with Gasteiger partial charge in [-0.05, 0) is 29.8 Å². The van der Waals surface area contributed by atoms with Crippen LogP contribution in [-0.2, 0) is 16.4 Å². The van der Waals surface area contributed by atoms with Crippen molar-refractivity contribution in [2.75, 3.05) is 19.3 Å². The van der Waals surface area contributed by atoms with Gasteiger partial charge in [-0.3, -0.25) is 4.90 Å². The van der Waals surface area contributed by atoms with Crippen LogP contribution in [0.15, 0.2) is 71.9 Å². The van der Waals surface area contributed by atoms with Crippen molar-refractivity contribution in [1.29, 1.82) is 0 Å². The van der Waals surface area contributed by atoms with Gasteiger partial charge in [0.15, 0.2) is 15.6 Å². The second-order valence-corrected chi connectivity index (χ2v) is 8.82. The molecule has 3 aromatic rings. The largest absolute Gasteiger partial charge is 0.484 e. The fraction of sp³-hybridized carbons (Fsp3) is 0.250. The van der Waals surface area contributed by atoms with E-state index in [1.54, 1.807) is 35.1 Å². The van der Waals surface area contributed by atoms with Crippen molar-refractivity contribution in [1.82, 2.24) is 14.7 Å². The zero-order valence-electron chi connectivity index (χ0n) is 15.0. The second kappa shape index (κ2) is 7.17. The number of ether oxygens (including phenoxy) is 1. The van der Waals surface area contributed by atoms with Gasteiger partial charge in [0.2, 0.25) is 0 Å². The van der Waals surface area contributed by atoms with Crippen LogP contribution in [0.1, 0.15) is 5.56 Å². The Bertz CT molecular complexity index is 1010. The Labute approximate surface area is 158 Å². The number of benzene rings is 2. The molecule has 0 atom stereocenters. The minimum Gasteiger partial charge on any atom is -0.484 e. The van der Waals surface area contributed by atoms with Gasteiger partial charge in [0.25, 0.3) is 0 Å². The third-order valence-corrected chi connectivity index (χ3v) is 5.69. The SMILES string of the molecule is CS(=O)(=O)c1ccc(-n2cc(OC3CN(Cc4ccccc4)C3)cn2)cc1. The average molecular weight is 383 g/mol. The minimum absolute atomic E-state index is 0.166. The van der Waals surface area contributed by atoms with Crippen LogP contribution in [0.2, 0.25) is 0 Å². The van der Waals surface area contributed by atoms with Crippen molar-refractivity contribution in [2.45, 2.75) is 17.5 Å². The molecule has 1 saturated heterocycles. The lowest BCUT2D eigenvalue weighted by atomic mass is 10.1. The van der Waals surface area contributed by atoms with Crippen LogP contribution in [-0.4, -0.2) is 48.5 Å². The van der Waals surface area contributed by atoms with Crippen molar-refractivity contribution < 1.29 is 13.2 Å². The summed E-state index contributed by atoms with van der Waals surface area (Å²) in [6.45, 7) is 2.72. The van der Waals surface area contributed by atoms with Crippen LogP contribution >= 0.6 is 0 Å². The predicted octanol–water partition coefficient (Wildman–Crippen LogP) is 2.54. The number of sulfone groups is 1. The molecule has 1 aromatic heterocycles. The van der Waals surface area contributed by atoms with Gasteiger partial charge < -0.3 is 4.74 Å². The second-order valence-electron chi connectivity index (χ2n) is 6.81. The molecule has 2 heterocycles. The number of hydrogen-bond acceptors (Lipinski definition) is 5. The summed E-state index contributed by atoms with van der Waals surface area (Å²) in [5.74, 6) is 0.714. The van der Waals surface area contributed by atoms with Gasteiger partial charge in [0, 0.05) is 25.9 Å². The van der Waals surface area contributed by atoms with Crippen molar-refractivity contribution in [2.24, 2.45) is 0 Å². The van der Waals surface area contributed by atoms with Gasteiger partial charge in [-0.2, -0.15) is 5.10 Å². The van der Waals surface area contributed by atoms with E-state index >= 15 is 0 Å². The van der Waals surface area contributed by atoms with E-state index in [1.165, 1.54) is 11.8 Å². The molecule has 0 saturated carbocycles. The van der Waals surface area contributed by atoms with E-state index in [-0.39, 0.29) is 6.10 Å². The van der Waals surface area contributed by atoms with Crippen LogP contribution < -0.4 is 4.74 Å². The van der Waals surface area contributed by atoms with Gasteiger partial charge in [-0.1, -0.05) is 30.3 Å². The van der Waals surface area contributed by atoms with E-state index in [4.69, 9.17) is 4.74 Å². The maximum Gasteiger partial charge on any atom is 0.175 e. The molecule has 0 radical (unpaired) electrons. The van der Waals surface area contributed by atoms with Crippen LogP contribution in [0.5, 0.6) is 5.75 Å². The maximum atomic E-state index is 11.5. The first-order chi connectivity index (χ1) is 13.0. The van der Waals surface area contributed by atoms with E-state index in [0.29, 0.717) is 10.6 Å². The Morgan fingerprint density at radius 1 is 1.07 bits per heavy atom. The summed E-state index contributed by atoms with van der Waals surface area (Å²) in [7, 11) is -3.20. The first-order valence-corrected chi connectivity index (χ1v) is 10.6. The lowest BCUT2D eigenvalue weighted by Crippen LogP contribution is -2.53. The van der Waals surface area contributed by atoms with Crippen LogP contribution in [0.25, 0.3) is 5.69 Å². The lowest BCUT2D eigenvalue weighted by molar-refractivity contribution is 0.0145. The molecule has 2 aromatic carbocycles. The zero-order valence-corrected chi connectivity index (χ0v) is 15.8. The molecule has 6 nitrogen and oxygen atoms in total. The summed E-state index contributed by atoms with van der Waals surface area (Å²) in [5, 5.41) is 4.31. The third-order valence-electron chi connectivity index (χ3n) is 4.56. The normalized spacial score (nSPS) is 15.4. The molecule has 1 fully saturated rings. The van der Waals surface area contributed by atoms with E-state index in [0.717, 1.165) is 25.3 Å². The average Bonchev–Trinajstić information content (AvgIpc) is 3.09. The first-order valence-electron chi connectivity index (χ1n) is 8.75. The van der Waals surface area contributed by atoms with E-state index in [1.807, 2.05) is 12.3 Å². The van der Waals surface area contributed by atoms with Crippen molar-refractivity contribution >= 4 is 9.84 Å². The summed E-state index contributed by atoms with van der Waals surface area (Å²) in [6.07, 6.45) is 4.86. The number of aromatic nitrogens is 2. The highest BCUT2D eigenvalue weighted by Gasteiger charge is 2.28. The molecule has 1 aliphatic heterocycles. The Hall–Kier alpha value is -2.64. The molecule has 7 heteroatoms. The number of hydrogen-bond donors (Lipinski definition) is 0. The summed E-state index contributed by atoms with van der Waals surface area (Å²) >= 11 is 0. The molecule has 0 N–H and O–H groups in total. The molecule has 0 bridgehead atoms. The van der Waals surface area contributed by atoms with Crippen LogP contribution in [0.4, 0.5) is 0 Å². The first kappa shape index (κ1) is 17.8. The molecule has 0 aliphatic carbocycles. The topological polar surface area (TPSA) is 64.4 Å². The Balaban J connectivity index is 1.33. The molecule has 0 amide bonds. The third kappa shape index (κ3) is 4.20. The van der Waals surface area contributed by atoms with E-state index in [9.17, 15) is 8.42 Å². The van der Waals surface area contributed by atoms with Crippen LogP contribution in [0, 0.1) is 0 Å². The van der Waals surface area contributed by atoms with Crippen molar-refractivity contribution in [3.63, 3.8) is 0 Å². The monoisotopic (exact) mass is 383 g/mol. The Morgan fingerprint density at radius 3 is 2.44 bits per heavy atom. The number of nitrogens with zero attached hydrogens (tertiary/aromatic N) is 3. The maximum absolute atomic E-state index is 11.5. The highest BCUT2D eigenvalue weighted by molar-refractivity contribution is 7.90. The smallest absolute Gasteiger partial charge is 0.175 e. The molecule has 4 rings (SSSR count). The van der Waals surface area contributed by atoms with Gasteiger partial charge in [-0.25, -0.2) is 13.1 Å². The summed E-state index contributed by atoms with van der Waals surface area (Å²) in [4.78, 5) is 2.64. The summed E-state index contributed by atoms with van der Waals surface area (Å²) < 4.78 is 30.7. The molecule has 27 heavy (non-hydrogen) atoms.